The molecule has 0 radical (unpaired) electrons. The summed E-state index contributed by atoms with van der Waals surface area (Å²) >= 11 is 0. The fourth-order valence-corrected chi connectivity index (χ4v) is 9.02. The molecule has 11 rings (SSSR count). The van der Waals surface area contributed by atoms with Gasteiger partial charge in [0.2, 0.25) is 0 Å². The van der Waals surface area contributed by atoms with Crippen LogP contribution in [0.3, 0.4) is 0 Å². The van der Waals surface area contributed by atoms with Crippen LogP contribution in [-0.4, -0.2) is 9.97 Å². The van der Waals surface area contributed by atoms with Gasteiger partial charge in [-0.05, 0) is 68.8 Å². The number of rotatable bonds is 5. The molecule has 0 bridgehead atoms. The maximum absolute atomic E-state index is 5.73. The zero-order chi connectivity index (χ0) is 37.1. The van der Waals surface area contributed by atoms with Crippen molar-refractivity contribution in [2.75, 3.05) is 4.90 Å². The fourth-order valence-electron chi connectivity index (χ4n) is 9.02. The van der Waals surface area contributed by atoms with Crippen molar-refractivity contribution in [1.29, 1.82) is 0 Å². The minimum Gasteiger partial charge on any atom is -0.310 e. The van der Waals surface area contributed by atoms with E-state index >= 15 is 0 Å². The van der Waals surface area contributed by atoms with Crippen molar-refractivity contribution in [2.24, 2.45) is 0 Å². The maximum Gasteiger partial charge on any atom is 0.160 e. The molecule has 1 aliphatic carbocycles. The van der Waals surface area contributed by atoms with E-state index in [-0.39, 0.29) is 0 Å². The van der Waals surface area contributed by atoms with Crippen LogP contribution in [0.15, 0.2) is 212 Å². The van der Waals surface area contributed by atoms with E-state index in [1.54, 1.807) is 0 Å². The topological polar surface area (TPSA) is 29.0 Å². The fraction of sp³-hybridized carbons (Fsp3) is 0.0189. The molecule has 0 unspecified atom stereocenters. The third kappa shape index (κ3) is 4.84. The van der Waals surface area contributed by atoms with Gasteiger partial charge in [-0.3, -0.25) is 0 Å². The van der Waals surface area contributed by atoms with Crippen molar-refractivity contribution in [2.45, 2.75) is 5.41 Å². The van der Waals surface area contributed by atoms with E-state index < -0.39 is 5.41 Å². The van der Waals surface area contributed by atoms with Gasteiger partial charge in [0, 0.05) is 22.4 Å². The Morgan fingerprint density at radius 1 is 0.339 bits per heavy atom. The van der Waals surface area contributed by atoms with Gasteiger partial charge < -0.3 is 4.90 Å². The predicted molar refractivity (Wildman–Crippen MR) is 229 cm³/mol. The Bertz CT molecular complexity index is 2840. The van der Waals surface area contributed by atoms with Gasteiger partial charge in [-0.2, -0.15) is 0 Å². The Labute approximate surface area is 326 Å². The summed E-state index contributed by atoms with van der Waals surface area (Å²) in [7, 11) is 0. The lowest BCUT2D eigenvalue weighted by atomic mass is 9.66. The van der Waals surface area contributed by atoms with Crippen LogP contribution in [0.1, 0.15) is 22.4 Å². The van der Waals surface area contributed by atoms with Gasteiger partial charge in [0.15, 0.2) is 5.82 Å². The van der Waals surface area contributed by atoms with Crippen molar-refractivity contribution < 1.29 is 0 Å². The first-order valence-electron chi connectivity index (χ1n) is 19.2. The van der Waals surface area contributed by atoms with Gasteiger partial charge in [-0.1, -0.05) is 188 Å². The molecule has 3 heteroatoms. The highest BCUT2D eigenvalue weighted by molar-refractivity contribution is 5.99. The summed E-state index contributed by atoms with van der Waals surface area (Å²) in [5.41, 5.74) is 17.2. The number of hydrogen-bond acceptors (Lipinski definition) is 3. The molecule has 0 N–H and O–H groups in total. The zero-order valence-corrected chi connectivity index (χ0v) is 30.5. The third-order valence-corrected chi connectivity index (χ3v) is 11.5. The van der Waals surface area contributed by atoms with Crippen LogP contribution in [0.25, 0.3) is 56.0 Å². The monoisotopic (exact) mass is 713 g/mol. The van der Waals surface area contributed by atoms with E-state index in [0.29, 0.717) is 5.82 Å². The zero-order valence-electron chi connectivity index (χ0n) is 30.5. The van der Waals surface area contributed by atoms with Crippen molar-refractivity contribution in [1.82, 2.24) is 9.97 Å². The number of benzene rings is 8. The van der Waals surface area contributed by atoms with Gasteiger partial charge in [0.25, 0.3) is 0 Å². The van der Waals surface area contributed by atoms with Crippen molar-refractivity contribution in [3.8, 4) is 56.0 Å². The van der Waals surface area contributed by atoms with Gasteiger partial charge in [-0.25, -0.2) is 9.97 Å². The number of fused-ring (bicyclic) bond motifs is 9. The number of aromatic nitrogens is 2. The second-order valence-corrected chi connectivity index (χ2v) is 14.5. The summed E-state index contributed by atoms with van der Waals surface area (Å²) in [5.74, 6) is 0.707. The minimum atomic E-state index is -0.704. The second kappa shape index (κ2) is 12.9. The largest absolute Gasteiger partial charge is 0.310 e. The summed E-state index contributed by atoms with van der Waals surface area (Å²) < 4.78 is 0. The second-order valence-electron chi connectivity index (χ2n) is 14.5. The first kappa shape index (κ1) is 32.1. The molecule has 2 heterocycles. The molecule has 3 nitrogen and oxygen atoms in total. The average molecular weight is 714 g/mol. The molecule has 0 fully saturated rings. The summed E-state index contributed by atoms with van der Waals surface area (Å²) in [6.45, 7) is 0. The van der Waals surface area contributed by atoms with Crippen LogP contribution in [-0.2, 0) is 5.41 Å². The Kier molecular flexibility index (Phi) is 7.39. The van der Waals surface area contributed by atoms with Gasteiger partial charge in [0.1, 0.15) is 0 Å². The summed E-state index contributed by atoms with van der Waals surface area (Å²) in [6.07, 6.45) is 0. The Morgan fingerprint density at radius 2 is 0.768 bits per heavy atom. The molecule has 56 heavy (non-hydrogen) atoms. The van der Waals surface area contributed by atoms with Gasteiger partial charge in [0.05, 0.1) is 28.2 Å². The van der Waals surface area contributed by atoms with E-state index in [0.717, 1.165) is 56.3 Å². The van der Waals surface area contributed by atoms with Crippen molar-refractivity contribution >= 4 is 17.1 Å². The molecule has 1 aromatic heterocycles. The van der Waals surface area contributed by atoms with Crippen LogP contribution in [0.5, 0.6) is 0 Å². The van der Waals surface area contributed by atoms with E-state index in [4.69, 9.17) is 9.97 Å². The molecule has 8 aromatic carbocycles. The van der Waals surface area contributed by atoms with E-state index in [2.05, 4.69) is 217 Å². The van der Waals surface area contributed by atoms with E-state index in [1.807, 2.05) is 0 Å². The molecule has 2 aliphatic rings. The molecular weight excluding hydrogens is 679 g/mol. The lowest BCUT2D eigenvalue weighted by molar-refractivity contribution is 0.723. The molecule has 0 saturated heterocycles. The van der Waals surface area contributed by atoms with Crippen LogP contribution in [0.4, 0.5) is 17.1 Å². The lowest BCUT2D eigenvalue weighted by Gasteiger charge is -2.44. The standard InChI is InChI=1S/C53H35N3/c1-4-16-36(17-5-1)38-28-32-40(33-29-38)50-49-43-22-10-11-23-44(43)53(51(49)55-52(54-50)41-34-30-39(31-35-41)37-18-6-2-7-19-37)45-24-12-14-26-47(45)56(42-20-8-3-9-21-42)48-27-15-13-25-46(48)53/h1-35H. The van der Waals surface area contributed by atoms with Crippen molar-refractivity contribution in [3.05, 3.63) is 235 Å². The average Bonchev–Trinajstić information content (AvgIpc) is 3.58. The molecule has 0 saturated carbocycles. The molecular formula is C53H35N3. The third-order valence-electron chi connectivity index (χ3n) is 11.5. The first-order chi connectivity index (χ1) is 27.8. The Balaban J connectivity index is 1.21. The molecule has 9 aromatic rings. The van der Waals surface area contributed by atoms with Crippen molar-refractivity contribution in [3.63, 3.8) is 0 Å². The molecule has 0 amide bonds. The first-order valence-corrected chi connectivity index (χ1v) is 19.2. The normalized spacial score (nSPS) is 13.1. The predicted octanol–water partition coefficient (Wildman–Crippen LogP) is 13.3. The lowest BCUT2D eigenvalue weighted by Crippen LogP contribution is -2.37. The highest BCUT2D eigenvalue weighted by Gasteiger charge is 2.54. The number of anilines is 3. The maximum atomic E-state index is 5.73. The molecule has 1 spiro atoms. The highest BCUT2D eigenvalue weighted by atomic mass is 15.2. The van der Waals surface area contributed by atoms with E-state index in [1.165, 1.54) is 33.4 Å². The molecule has 1 aliphatic heterocycles. The Morgan fingerprint density at radius 3 is 1.34 bits per heavy atom. The van der Waals surface area contributed by atoms with Gasteiger partial charge in [-0.15, -0.1) is 0 Å². The molecule has 262 valence electrons. The number of nitrogens with zero attached hydrogens (tertiary/aromatic N) is 3. The summed E-state index contributed by atoms with van der Waals surface area (Å²) in [6, 6.07) is 76.0. The number of hydrogen-bond donors (Lipinski definition) is 0. The minimum absolute atomic E-state index is 0.704. The smallest absolute Gasteiger partial charge is 0.160 e. The van der Waals surface area contributed by atoms with Crippen LogP contribution in [0, 0.1) is 0 Å². The quantitative estimate of drug-likeness (QED) is 0.178. The van der Waals surface area contributed by atoms with Crippen LogP contribution < -0.4 is 4.90 Å². The SMILES string of the molecule is c1ccc(-c2ccc(-c3nc(-c4ccc(-c5ccccc5)cc4)c4c(n3)C3(c5ccccc5-4)c4ccccc4N(c4ccccc4)c4ccccc43)cc2)cc1. The molecule has 0 atom stereocenters. The van der Waals surface area contributed by atoms with E-state index in [9.17, 15) is 0 Å². The Hall–Kier alpha value is -7.36. The van der Waals surface area contributed by atoms with Gasteiger partial charge >= 0.3 is 0 Å². The van der Waals surface area contributed by atoms with Crippen LogP contribution >= 0.6 is 0 Å². The summed E-state index contributed by atoms with van der Waals surface area (Å²) in [5, 5.41) is 0. The van der Waals surface area contributed by atoms with Crippen LogP contribution in [0.2, 0.25) is 0 Å². The summed E-state index contributed by atoms with van der Waals surface area (Å²) in [4.78, 5) is 13.7. The number of para-hydroxylation sites is 3. The highest BCUT2D eigenvalue weighted by Crippen LogP contribution is 2.64.